The van der Waals surface area contributed by atoms with Crippen molar-refractivity contribution in [3.05, 3.63) is 72.3 Å². The largest absolute Gasteiger partial charge is 0.494 e. The lowest BCUT2D eigenvalue weighted by Gasteiger charge is -2.15. The Labute approximate surface area is 241 Å². The van der Waals surface area contributed by atoms with Gasteiger partial charge in [-0.25, -0.2) is 4.79 Å². The summed E-state index contributed by atoms with van der Waals surface area (Å²) in [6, 6.07) is 21.5. The molecule has 0 aliphatic rings. The molecular weight excluding hydrogens is 496 g/mol. The molecule has 1 N–H and O–H groups in total. The molecule has 0 heterocycles. The first kappa shape index (κ1) is 31.3. The van der Waals surface area contributed by atoms with E-state index < -0.39 is 5.97 Å². The van der Waals surface area contributed by atoms with Crippen molar-refractivity contribution < 1.29 is 19.4 Å². The Balaban J connectivity index is 1.66. The van der Waals surface area contributed by atoms with Crippen LogP contribution in [0.1, 0.15) is 108 Å². The first-order valence-electron chi connectivity index (χ1n) is 15.5. The molecule has 0 fully saturated rings. The molecule has 216 valence electrons. The van der Waals surface area contributed by atoms with Crippen LogP contribution in [0.4, 0.5) is 0 Å². The molecule has 0 saturated carbocycles. The van der Waals surface area contributed by atoms with Gasteiger partial charge in [0.25, 0.3) is 0 Å². The Morgan fingerprint density at radius 3 is 1.55 bits per heavy atom. The van der Waals surface area contributed by atoms with E-state index in [-0.39, 0.29) is 5.56 Å². The van der Waals surface area contributed by atoms with Gasteiger partial charge in [0, 0.05) is 0 Å². The van der Waals surface area contributed by atoms with E-state index >= 15 is 0 Å². The normalized spacial score (nSPS) is 10.9. The van der Waals surface area contributed by atoms with E-state index in [0.29, 0.717) is 6.61 Å². The molecule has 0 radical (unpaired) electrons. The summed E-state index contributed by atoms with van der Waals surface area (Å²) in [5, 5.41) is 9.31. The predicted octanol–water partition coefficient (Wildman–Crippen LogP) is 10.6. The number of carboxylic acid groups (broad SMARTS) is 1. The van der Waals surface area contributed by atoms with Gasteiger partial charge in [-0.2, -0.15) is 0 Å². The molecular formula is C36H48O4. The Kier molecular flexibility index (Phi) is 14.2. The minimum atomic E-state index is -0.919. The van der Waals surface area contributed by atoms with Crippen LogP contribution in [0.25, 0.3) is 22.3 Å². The quantitative estimate of drug-likeness (QED) is 0.144. The summed E-state index contributed by atoms with van der Waals surface area (Å²) in [6.45, 7) is 5.95. The topological polar surface area (TPSA) is 55.8 Å². The number of carboxylic acids is 1. The smallest absolute Gasteiger partial charge is 0.335 e. The second kappa shape index (κ2) is 18.1. The maximum absolute atomic E-state index is 11.3. The molecule has 0 aliphatic heterocycles. The second-order valence-corrected chi connectivity index (χ2v) is 10.7. The van der Waals surface area contributed by atoms with Crippen molar-refractivity contribution in [2.75, 3.05) is 13.2 Å². The molecule has 0 aromatic heterocycles. The number of hydrogen-bond donors (Lipinski definition) is 1. The van der Waals surface area contributed by atoms with Gasteiger partial charge in [-0.05, 0) is 71.5 Å². The van der Waals surface area contributed by atoms with E-state index in [0.717, 1.165) is 53.2 Å². The summed E-state index contributed by atoms with van der Waals surface area (Å²) in [5.41, 5.74) is 4.43. The van der Waals surface area contributed by atoms with Gasteiger partial charge in [0.15, 0.2) is 0 Å². The van der Waals surface area contributed by atoms with Crippen molar-refractivity contribution in [3.63, 3.8) is 0 Å². The van der Waals surface area contributed by atoms with Gasteiger partial charge in [0.2, 0.25) is 0 Å². The Morgan fingerprint density at radius 2 is 1.00 bits per heavy atom. The predicted molar refractivity (Wildman–Crippen MR) is 167 cm³/mol. The van der Waals surface area contributed by atoms with E-state index in [1.807, 2.05) is 30.3 Å². The summed E-state index contributed by atoms with van der Waals surface area (Å²) in [7, 11) is 0. The van der Waals surface area contributed by atoms with E-state index in [1.54, 1.807) is 12.1 Å². The van der Waals surface area contributed by atoms with Crippen LogP contribution in [-0.2, 0) is 0 Å². The molecule has 0 spiro atoms. The molecule has 0 amide bonds. The molecule has 3 aromatic carbocycles. The Hall–Kier alpha value is -3.27. The van der Waals surface area contributed by atoms with Crippen molar-refractivity contribution in [2.24, 2.45) is 0 Å². The standard InChI is InChI=1S/C36H48O4/c1-3-5-7-9-11-13-14-26-39-32-22-20-30(21-23-32)35-28-33(40-27-15-12-10-8-6-4-2)24-25-34(35)29-16-18-31(19-17-29)36(37)38/h16-25,28H,3-15,26-27H2,1-2H3,(H,37,38). The lowest BCUT2D eigenvalue weighted by molar-refractivity contribution is 0.0697. The summed E-state index contributed by atoms with van der Waals surface area (Å²) >= 11 is 0. The number of unbranched alkanes of at least 4 members (excludes halogenated alkanes) is 11. The molecule has 4 heteroatoms. The monoisotopic (exact) mass is 544 g/mol. The van der Waals surface area contributed by atoms with Crippen LogP contribution in [0.2, 0.25) is 0 Å². The molecule has 0 bridgehead atoms. The summed E-state index contributed by atoms with van der Waals surface area (Å²) in [4.78, 5) is 11.3. The van der Waals surface area contributed by atoms with Gasteiger partial charge < -0.3 is 14.6 Å². The average molecular weight is 545 g/mol. The van der Waals surface area contributed by atoms with Gasteiger partial charge in [-0.15, -0.1) is 0 Å². The van der Waals surface area contributed by atoms with Crippen molar-refractivity contribution in [1.29, 1.82) is 0 Å². The Morgan fingerprint density at radius 1 is 0.550 bits per heavy atom. The minimum absolute atomic E-state index is 0.284. The molecule has 0 aliphatic carbocycles. The van der Waals surface area contributed by atoms with E-state index in [1.165, 1.54) is 70.6 Å². The third-order valence-corrected chi connectivity index (χ3v) is 7.38. The minimum Gasteiger partial charge on any atom is -0.494 e. The van der Waals surface area contributed by atoms with E-state index in [4.69, 9.17) is 9.47 Å². The number of benzene rings is 3. The summed E-state index contributed by atoms with van der Waals surface area (Å²) in [5.74, 6) is 0.823. The first-order chi connectivity index (χ1) is 19.6. The molecule has 0 atom stereocenters. The molecule has 0 unspecified atom stereocenters. The zero-order valence-electron chi connectivity index (χ0n) is 24.6. The fourth-order valence-corrected chi connectivity index (χ4v) is 4.95. The van der Waals surface area contributed by atoms with Crippen molar-refractivity contribution in [2.45, 2.75) is 97.3 Å². The molecule has 3 aromatic rings. The zero-order chi connectivity index (χ0) is 28.4. The third-order valence-electron chi connectivity index (χ3n) is 7.38. The molecule has 0 saturated heterocycles. The highest BCUT2D eigenvalue weighted by Crippen LogP contribution is 2.36. The average Bonchev–Trinajstić information content (AvgIpc) is 2.98. The second-order valence-electron chi connectivity index (χ2n) is 10.7. The highest BCUT2D eigenvalue weighted by molar-refractivity contribution is 5.90. The molecule has 40 heavy (non-hydrogen) atoms. The maximum Gasteiger partial charge on any atom is 0.335 e. The van der Waals surface area contributed by atoms with Gasteiger partial charge in [0.1, 0.15) is 11.5 Å². The van der Waals surface area contributed by atoms with Crippen molar-refractivity contribution in [1.82, 2.24) is 0 Å². The fourth-order valence-electron chi connectivity index (χ4n) is 4.95. The van der Waals surface area contributed by atoms with Gasteiger partial charge >= 0.3 is 5.97 Å². The van der Waals surface area contributed by atoms with Gasteiger partial charge in [0.05, 0.1) is 18.8 Å². The number of ether oxygens (including phenoxy) is 2. The molecule has 3 rings (SSSR count). The van der Waals surface area contributed by atoms with Crippen LogP contribution in [0.3, 0.4) is 0 Å². The van der Waals surface area contributed by atoms with Crippen molar-refractivity contribution >= 4 is 5.97 Å². The van der Waals surface area contributed by atoms with E-state index in [9.17, 15) is 9.90 Å². The van der Waals surface area contributed by atoms with E-state index in [2.05, 4.69) is 38.1 Å². The Bertz CT molecular complexity index is 1120. The van der Waals surface area contributed by atoms with Crippen LogP contribution in [-0.4, -0.2) is 24.3 Å². The number of rotatable bonds is 20. The lowest BCUT2D eigenvalue weighted by atomic mass is 9.93. The summed E-state index contributed by atoms with van der Waals surface area (Å²) < 4.78 is 12.2. The lowest BCUT2D eigenvalue weighted by Crippen LogP contribution is -1.99. The number of aromatic carboxylic acids is 1. The highest BCUT2D eigenvalue weighted by atomic mass is 16.5. The van der Waals surface area contributed by atoms with Gasteiger partial charge in [-0.3, -0.25) is 0 Å². The highest BCUT2D eigenvalue weighted by Gasteiger charge is 2.12. The number of carbonyl (C=O) groups is 1. The number of hydrogen-bond acceptors (Lipinski definition) is 3. The fraction of sp³-hybridized carbons (Fsp3) is 0.472. The zero-order valence-corrected chi connectivity index (χ0v) is 24.6. The first-order valence-corrected chi connectivity index (χ1v) is 15.5. The van der Waals surface area contributed by atoms with Crippen LogP contribution in [0.5, 0.6) is 11.5 Å². The third kappa shape index (κ3) is 10.7. The van der Waals surface area contributed by atoms with Gasteiger partial charge in [-0.1, -0.05) is 115 Å². The van der Waals surface area contributed by atoms with Crippen LogP contribution >= 0.6 is 0 Å². The maximum atomic E-state index is 11.3. The van der Waals surface area contributed by atoms with Crippen LogP contribution in [0.15, 0.2) is 66.7 Å². The van der Waals surface area contributed by atoms with Crippen LogP contribution < -0.4 is 9.47 Å². The summed E-state index contributed by atoms with van der Waals surface area (Å²) in [6.07, 6.45) is 16.3. The molecule has 4 nitrogen and oxygen atoms in total. The van der Waals surface area contributed by atoms with Crippen LogP contribution in [0, 0.1) is 0 Å². The SMILES string of the molecule is CCCCCCCCCOc1ccc(-c2cc(OCCCCCCCC)ccc2-c2ccc(C(=O)O)cc2)cc1. The van der Waals surface area contributed by atoms with Crippen molar-refractivity contribution in [3.8, 4) is 33.8 Å².